The Kier molecular flexibility index (Phi) is 7.12. The van der Waals surface area contributed by atoms with E-state index in [-0.39, 0.29) is 23.2 Å². The number of nitrogens with one attached hydrogen (secondary N) is 2. The molecule has 2 N–H and O–H groups in total. The Morgan fingerprint density at radius 2 is 1.93 bits per heavy atom. The van der Waals surface area contributed by atoms with E-state index < -0.39 is 0 Å². The third-order valence-electron chi connectivity index (χ3n) is 4.65. The van der Waals surface area contributed by atoms with Crippen LogP contribution in [0.15, 0.2) is 53.4 Å². The van der Waals surface area contributed by atoms with Gasteiger partial charge in [-0.25, -0.2) is 0 Å². The number of anilines is 1. The zero-order valence-corrected chi connectivity index (χ0v) is 17.1. The highest BCUT2D eigenvalue weighted by Crippen LogP contribution is 2.25. The summed E-state index contributed by atoms with van der Waals surface area (Å²) in [6.45, 7) is 5.13. The van der Waals surface area contributed by atoms with Crippen LogP contribution >= 0.6 is 11.8 Å². The molecular formula is C22H26N2O3S. The molecule has 28 heavy (non-hydrogen) atoms. The molecule has 0 unspecified atom stereocenters. The third kappa shape index (κ3) is 5.59. The zero-order valence-electron chi connectivity index (χ0n) is 16.2. The predicted molar refractivity (Wildman–Crippen MR) is 113 cm³/mol. The van der Waals surface area contributed by atoms with Crippen LogP contribution in [0, 0.1) is 6.92 Å². The molecule has 2 amide bonds. The largest absolute Gasteiger partial charge is 0.376 e. The van der Waals surface area contributed by atoms with Crippen molar-refractivity contribution in [3.63, 3.8) is 0 Å². The van der Waals surface area contributed by atoms with E-state index in [2.05, 4.69) is 10.6 Å². The molecule has 0 aromatic heterocycles. The molecule has 0 aliphatic carbocycles. The van der Waals surface area contributed by atoms with Gasteiger partial charge in [0.2, 0.25) is 5.91 Å². The van der Waals surface area contributed by atoms with E-state index in [0.29, 0.717) is 17.8 Å². The number of ether oxygens (including phenoxy) is 1. The van der Waals surface area contributed by atoms with E-state index in [0.717, 1.165) is 24.3 Å². The summed E-state index contributed by atoms with van der Waals surface area (Å²) >= 11 is 1.49. The molecule has 5 nitrogen and oxygen atoms in total. The molecule has 1 saturated heterocycles. The van der Waals surface area contributed by atoms with Crippen molar-refractivity contribution >= 4 is 29.3 Å². The first-order valence-electron chi connectivity index (χ1n) is 9.56. The number of carbonyl (C=O) groups is 2. The summed E-state index contributed by atoms with van der Waals surface area (Å²) in [7, 11) is 0. The molecule has 1 heterocycles. The van der Waals surface area contributed by atoms with Crippen molar-refractivity contribution in [2.75, 3.05) is 18.5 Å². The lowest BCUT2D eigenvalue weighted by Crippen LogP contribution is -2.32. The second-order valence-corrected chi connectivity index (χ2v) is 8.37. The maximum Gasteiger partial charge on any atom is 0.253 e. The molecule has 0 saturated carbocycles. The van der Waals surface area contributed by atoms with Crippen molar-refractivity contribution in [2.24, 2.45) is 0 Å². The van der Waals surface area contributed by atoms with E-state index in [1.54, 1.807) is 18.2 Å². The van der Waals surface area contributed by atoms with Crippen molar-refractivity contribution in [1.82, 2.24) is 5.32 Å². The van der Waals surface area contributed by atoms with Crippen LogP contribution in [0.3, 0.4) is 0 Å². The van der Waals surface area contributed by atoms with Gasteiger partial charge in [-0.2, -0.15) is 0 Å². The molecule has 0 bridgehead atoms. The maximum atomic E-state index is 12.6. The standard InChI is InChI=1S/C22H26N2O3S/c1-15-9-11-18(12-10-15)28-16(2)21(25)24-20-8-4-3-7-19(20)22(26)23-14-17-6-5-13-27-17/h3-4,7-12,16-17H,5-6,13-14H2,1-2H3,(H,23,26)(H,24,25)/t16-,17+/m0/s1. The molecule has 3 rings (SSSR count). The topological polar surface area (TPSA) is 67.4 Å². The number of benzene rings is 2. The highest BCUT2D eigenvalue weighted by molar-refractivity contribution is 8.00. The molecule has 1 aliphatic heterocycles. The van der Waals surface area contributed by atoms with Crippen molar-refractivity contribution < 1.29 is 14.3 Å². The number of carbonyl (C=O) groups excluding carboxylic acids is 2. The third-order valence-corrected chi connectivity index (χ3v) is 5.76. The van der Waals surface area contributed by atoms with Crippen LogP contribution in [0.2, 0.25) is 0 Å². The molecule has 1 fully saturated rings. The normalized spacial score (nSPS) is 17.1. The van der Waals surface area contributed by atoms with Crippen molar-refractivity contribution in [3.05, 3.63) is 59.7 Å². The molecule has 0 radical (unpaired) electrons. The first-order valence-corrected chi connectivity index (χ1v) is 10.4. The van der Waals surface area contributed by atoms with Crippen LogP contribution in [0.1, 0.15) is 35.7 Å². The van der Waals surface area contributed by atoms with Gasteiger partial charge in [0.1, 0.15) is 0 Å². The Bertz CT molecular complexity index is 817. The second-order valence-electron chi connectivity index (χ2n) is 6.95. The number of hydrogen-bond acceptors (Lipinski definition) is 4. The monoisotopic (exact) mass is 398 g/mol. The average Bonchev–Trinajstić information content (AvgIpc) is 3.22. The summed E-state index contributed by atoms with van der Waals surface area (Å²) in [5.41, 5.74) is 2.17. The lowest BCUT2D eigenvalue weighted by Gasteiger charge is -2.16. The van der Waals surface area contributed by atoms with Gasteiger partial charge in [-0.3, -0.25) is 9.59 Å². The minimum Gasteiger partial charge on any atom is -0.376 e. The lowest BCUT2D eigenvalue weighted by molar-refractivity contribution is -0.115. The minimum atomic E-state index is -0.286. The Labute approximate surface area is 170 Å². The highest BCUT2D eigenvalue weighted by Gasteiger charge is 2.20. The van der Waals surface area contributed by atoms with E-state index in [1.165, 1.54) is 17.3 Å². The minimum absolute atomic E-state index is 0.0802. The maximum absolute atomic E-state index is 12.6. The summed E-state index contributed by atoms with van der Waals surface area (Å²) in [5, 5.41) is 5.52. The number of amides is 2. The quantitative estimate of drug-likeness (QED) is 0.691. The van der Waals surface area contributed by atoms with Crippen LogP contribution in [0.25, 0.3) is 0 Å². The Hall–Kier alpha value is -2.31. The molecule has 2 atom stereocenters. The van der Waals surface area contributed by atoms with Crippen molar-refractivity contribution in [1.29, 1.82) is 0 Å². The summed E-state index contributed by atoms with van der Waals surface area (Å²) in [4.78, 5) is 26.3. The van der Waals surface area contributed by atoms with E-state index in [9.17, 15) is 9.59 Å². The van der Waals surface area contributed by atoms with Crippen LogP contribution in [-0.4, -0.2) is 36.3 Å². The summed E-state index contributed by atoms with van der Waals surface area (Å²) in [6, 6.07) is 15.2. The number of para-hydroxylation sites is 1. The lowest BCUT2D eigenvalue weighted by atomic mass is 10.1. The van der Waals surface area contributed by atoms with Gasteiger partial charge in [0, 0.05) is 18.0 Å². The number of thioether (sulfide) groups is 1. The van der Waals surface area contributed by atoms with Gasteiger partial charge >= 0.3 is 0 Å². The highest BCUT2D eigenvalue weighted by atomic mass is 32.2. The Morgan fingerprint density at radius 3 is 2.64 bits per heavy atom. The molecule has 2 aromatic carbocycles. The van der Waals surface area contributed by atoms with Crippen molar-refractivity contribution in [2.45, 2.75) is 42.9 Å². The smallest absolute Gasteiger partial charge is 0.253 e. The molecular weight excluding hydrogens is 372 g/mol. The number of aryl methyl sites for hydroxylation is 1. The first-order chi connectivity index (χ1) is 13.5. The fourth-order valence-electron chi connectivity index (χ4n) is 3.01. The van der Waals surface area contributed by atoms with Gasteiger partial charge in [-0.15, -0.1) is 11.8 Å². The van der Waals surface area contributed by atoms with Crippen LogP contribution in [-0.2, 0) is 9.53 Å². The number of rotatable bonds is 7. The van der Waals surface area contributed by atoms with Crippen LogP contribution < -0.4 is 10.6 Å². The summed E-state index contributed by atoms with van der Waals surface area (Å²) < 4.78 is 5.54. The summed E-state index contributed by atoms with van der Waals surface area (Å²) in [6.07, 6.45) is 2.08. The SMILES string of the molecule is Cc1ccc(S[C@@H](C)C(=O)Nc2ccccc2C(=O)NC[C@H]2CCCO2)cc1. The summed E-state index contributed by atoms with van der Waals surface area (Å²) in [5.74, 6) is -0.338. The fourth-order valence-corrected chi connectivity index (χ4v) is 3.87. The van der Waals surface area contributed by atoms with Gasteiger partial charge in [-0.1, -0.05) is 29.8 Å². The van der Waals surface area contributed by atoms with Crippen molar-refractivity contribution in [3.8, 4) is 0 Å². The second kappa shape index (κ2) is 9.75. The van der Waals surface area contributed by atoms with Gasteiger partial charge < -0.3 is 15.4 Å². The molecule has 148 valence electrons. The van der Waals surface area contributed by atoms with Crippen LogP contribution in [0.5, 0.6) is 0 Å². The fraction of sp³-hybridized carbons (Fsp3) is 0.364. The predicted octanol–water partition coefficient (Wildman–Crippen LogP) is 4.02. The Morgan fingerprint density at radius 1 is 1.18 bits per heavy atom. The zero-order chi connectivity index (χ0) is 19.9. The van der Waals surface area contributed by atoms with Gasteiger partial charge in [0.15, 0.2) is 0 Å². The van der Waals surface area contributed by atoms with E-state index in [1.807, 2.05) is 44.2 Å². The molecule has 6 heteroatoms. The van der Waals surface area contributed by atoms with E-state index >= 15 is 0 Å². The Balaban J connectivity index is 1.60. The van der Waals surface area contributed by atoms with Crippen LogP contribution in [0.4, 0.5) is 5.69 Å². The van der Waals surface area contributed by atoms with Gasteiger partial charge in [0.05, 0.1) is 22.6 Å². The van der Waals surface area contributed by atoms with E-state index in [4.69, 9.17) is 4.74 Å². The molecule has 2 aromatic rings. The first kappa shape index (κ1) is 20.4. The van der Waals surface area contributed by atoms with Gasteiger partial charge in [-0.05, 0) is 51.0 Å². The molecule has 1 aliphatic rings. The molecule has 0 spiro atoms. The van der Waals surface area contributed by atoms with Gasteiger partial charge in [0.25, 0.3) is 5.91 Å². The number of hydrogen-bond donors (Lipinski definition) is 2. The average molecular weight is 399 g/mol.